The van der Waals surface area contributed by atoms with E-state index in [-0.39, 0.29) is 28.8 Å². The molecule has 0 saturated carbocycles. The summed E-state index contributed by atoms with van der Waals surface area (Å²) in [7, 11) is 4.67. The van der Waals surface area contributed by atoms with E-state index in [9.17, 15) is 14.4 Å². The van der Waals surface area contributed by atoms with Crippen molar-refractivity contribution in [1.82, 2.24) is 10.3 Å². The first-order chi connectivity index (χ1) is 20.5. The molecule has 2 amide bonds. The fourth-order valence-corrected chi connectivity index (χ4v) is 6.22. The molecule has 0 fully saturated rings. The quantitative estimate of drug-likeness (QED) is 0.279. The predicted molar refractivity (Wildman–Crippen MR) is 170 cm³/mol. The van der Waals surface area contributed by atoms with Gasteiger partial charge in [-0.15, -0.1) is 11.3 Å². The predicted octanol–water partition coefficient (Wildman–Crippen LogP) is 5.40. The summed E-state index contributed by atoms with van der Waals surface area (Å²) in [5.74, 6) is 0.868. The molecule has 2 aromatic carbocycles. The number of carbonyl (C=O) groups is 2. The Hall–Kier alpha value is -4.12. The van der Waals surface area contributed by atoms with Crippen LogP contribution in [0.4, 0.5) is 10.8 Å². The Labute approximate surface area is 256 Å². The highest BCUT2D eigenvalue weighted by Gasteiger charge is 2.30. The zero-order chi connectivity index (χ0) is 31.4. The van der Waals surface area contributed by atoms with Crippen molar-refractivity contribution in [2.45, 2.75) is 66.0 Å². The van der Waals surface area contributed by atoms with Gasteiger partial charge >= 0.3 is 0 Å². The highest BCUT2D eigenvalue weighted by molar-refractivity contribution is 7.15. The van der Waals surface area contributed by atoms with Crippen molar-refractivity contribution < 1.29 is 23.8 Å². The minimum absolute atomic E-state index is 0.0884. The molecule has 0 bridgehead atoms. The van der Waals surface area contributed by atoms with Crippen LogP contribution in [0.1, 0.15) is 61.4 Å². The third-order valence-electron chi connectivity index (χ3n) is 7.98. The third kappa shape index (κ3) is 6.61. The van der Waals surface area contributed by atoms with Crippen molar-refractivity contribution in [1.29, 1.82) is 0 Å². The smallest absolute Gasteiger partial charge is 0.248 e. The van der Waals surface area contributed by atoms with Crippen LogP contribution in [0.25, 0.3) is 11.1 Å². The van der Waals surface area contributed by atoms with E-state index in [1.54, 1.807) is 33.5 Å². The summed E-state index contributed by atoms with van der Waals surface area (Å²) in [6, 6.07) is 5.86. The van der Waals surface area contributed by atoms with Gasteiger partial charge in [-0.2, -0.15) is 0 Å². The number of ether oxygens (including phenoxy) is 3. The molecule has 1 aliphatic carbocycles. The van der Waals surface area contributed by atoms with Gasteiger partial charge in [0.25, 0.3) is 0 Å². The molecule has 4 rings (SSSR count). The van der Waals surface area contributed by atoms with Crippen LogP contribution in [0.5, 0.6) is 17.2 Å². The second-order valence-electron chi connectivity index (χ2n) is 10.8. The molecule has 1 aliphatic rings. The molecule has 3 aromatic rings. The number of benzene rings is 1. The number of methoxy groups -OCH3 is 3. The van der Waals surface area contributed by atoms with Crippen molar-refractivity contribution in [2.24, 2.45) is 5.92 Å². The van der Waals surface area contributed by atoms with E-state index in [0.717, 1.165) is 21.7 Å². The lowest BCUT2D eigenvalue weighted by atomic mass is 9.95. The van der Waals surface area contributed by atoms with Crippen LogP contribution >= 0.6 is 11.3 Å². The lowest BCUT2D eigenvalue weighted by molar-refractivity contribution is -0.120. The monoisotopic (exact) mass is 608 g/mol. The summed E-state index contributed by atoms with van der Waals surface area (Å²) in [5, 5.41) is 9.70. The molecule has 230 valence electrons. The van der Waals surface area contributed by atoms with E-state index < -0.39 is 12.1 Å². The summed E-state index contributed by atoms with van der Waals surface area (Å²) in [4.78, 5) is 45.0. The molecular weight excluding hydrogens is 568 g/mol. The average Bonchev–Trinajstić information content (AvgIpc) is 3.11. The maximum atomic E-state index is 13.8. The van der Waals surface area contributed by atoms with Gasteiger partial charge in [-0.3, -0.25) is 14.4 Å². The van der Waals surface area contributed by atoms with Crippen LogP contribution in [0, 0.1) is 19.8 Å². The van der Waals surface area contributed by atoms with E-state index in [1.165, 1.54) is 18.3 Å². The fourth-order valence-electron chi connectivity index (χ4n) is 5.41. The number of thiazole rings is 1. The second kappa shape index (κ2) is 13.5. The van der Waals surface area contributed by atoms with Crippen LogP contribution in [-0.2, 0) is 16.0 Å². The number of aromatic nitrogens is 1. The largest absolute Gasteiger partial charge is 0.493 e. The maximum absolute atomic E-state index is 13.8. The highest BCUT2D eigenvalue weighted by Crippen LogP contribution is 2.50. The van der Waals surface area contributed by atoms with Gasteiger partial charge in [0.1, 0.15) is 6.04 Å². The first-order valence-electron chi connectivity index (χ1n) is 14.3. The van der Waals surface area contributed by atoms with Gasteiger partial charge in [0, 0.05) is 17.4 Å². The highest BCUT2D eigenvalue weighted by atomic mass is 32.1. The molecule has 0 unspecified atom stereocenters. The zero-order valence-corrected chi connectivity index (χ0v) is 26.8. The third-order valence-corrected chi connectivity index (χ3v) is 8.97. The van der Waals surface area contributed by atoms with Gasteiger partial charge in [-0.05, 0) is 67.5 Å². The maximum Gasteiger partial charge on any atom is 0.248 e. The van der Waals surface area contributed by atoms with Crippen LogP contribution in [-0.4, -0.2) is 44.2 Å². The topological polar surface area (TPSA) is 128 Å². The average molecular weight is 609 g/mol. The van der Waals surface area contributed by atoms with E-state index >= 15 is 0 Å². The van der Waals surface area contributed by atoms with Gasteiger partial charge in [0.15, 0.2) is 16.6 Å². The summed E-state index contributed by atoms with van der Waals surface area (Å²) >= 11 is 1.42. The molecule has 0 spiro atoms. The van der Waals surface area contributed by atoms with Crippen LogP contribution in [0.15, 0.2) is 29.1 Å². The Morgan fingerprint density at radius 2 is 1.81 bits per heavy atom. The molecule has 11 heteroatoms. The van der Waals surface area contributed by atoms with Crippen LogP contribution < -0.4 is 35.6 Å². The van der Waals surface area contributed by atoms with E-state index in [2.05, 4.69) is 20.9 Å². The van der Waals surface area contributed by atoms with Crippen molar-refractivity contribution >= 4 is 34.0 Å². The summed E-state index contributed by atoms with van der Waals surface area (Å²) in [6.07, 6.45) is 1.86. The standard InChI is InChI=1S/C32H40N4O6S/c1-9-16(2)28(31(39)36-32-33-17(3)18(4)43-32)35-24-13-11-21-22(15-25(24)38)23(34-19(5)37)12-10-20-14-26(40-6)29(41-7)30(42-8)27(20)21/h11,13-16,23,28H,9-10,12H2,1-8H3,(H,34,37)(H,35,38)(H,33,36,39)/t16-,23+,28-/m0/s1. The fraction of sp³-hybridized carbons (Fsp3) is 0.438. The lowest BCUT2D eigenvalue weighted by Gasteiger charge is -2.23. The summed E-state index contributed by atoms with van der Waals surface area (Å²) < 4.78 is 17.1. The second-order valence-corrected chi connectivity index (χ2v) is 12.0. The molecule has 43 heavy (non-hydrogen) atoms. The zero-order valence-electron chi connectivity index (χ0n) is 26.0. The van der Waals surface area contributed by atoms with Crippen molar-refractivity contribution in [2.75, 3.05) is 32.0 Å². The number of hydrogen-bond donors (Lipinski definition) is 3. The molecular formula is C32H40N4O6S. The number of aryl methyl sites for hydroxylation is 3. The Balaban J connectivity index is 1.86. The Morgan fingerprint density at radius 1 is 1.09 bits per heavy atom. The van der Waals surface area contributed by atoms with Gasteiger partial charge < -0.3 is 30.2 Å². The molecule has 0 radical (unpaired) electrons. The van der Waals surface area contributed by atoms with Gasteiger partial charge in [0.05, 0.1) is 38.8 Å². The molecule has 3 atom stereocenters. The summed E-state index contributed by atoms with van der Waals surface area (Å²) in [6.45, 7) is 9.28. The number of nitrogens with zero attached hydrogens (tertiary/aromatic N) is 1. The minimum atomic E-state index is -0.693. The molecule has 0 saturated heterocycles. The number of rotatable bonds is 10. The van der Waals surface area contributed by atoms with E-state index in [4.69, 9.17) is 14.2 Å². The number of anilines is 2. The first-order valence-corrected chi connectivity index (χ1v) is 15.1. The van der Waals surface area contributed by atoms with E-state index in [1.807, 2.05) is 39.8 Å². The number of hydrogen-bond acceptors (Lipinski definition) is 9. The number of amides is 2. The molecule has 1 aromatic heterocycles. The van der Waals surface area contributed by atoms with Crippen molar-refractivity contribution in [3.63, 3.8) is 0 Å². The molecule has 3 N–H and O–H groups in total. The number of carbonyl (C=O) groups excluding carboxylic acids is 2. The lowest BCUT2D eigenvalue weighted by Crippen LogP contribution is -2.40. The molecule has 10 nitrogen and oxygen atoms in total. The van der Waals surface area contributed by atoms with Crippen molar-refractivity contribution in [3.05, 3.63) is 56.2 Å². The molecule has 1 heterocycles. The Bertz CT molecular complexity index is 1570. The normalized spacial score (nSPS) is 15.2. The summed E-state index contributed by atoms with van der Waals surface area (Å²) in [5.41, 5.74) is 3.89. The van der Waals surface area contributed by atoms with Gasteiger partial charge in [0.2, 0.25) is 23.0 Å². The van der Waals surface area contributed by atoms with Crippen molar-refractivity contribution in [3.8, 4) is 28.4 Å². The number of fused-ring (bicyclic) bond motifs is 3. The SMILES string of the molecule is CC[C@H](C)[C@H](Nc1ccc2c(cc1=O)[C@H](NC(C)=O)CCc1cc(OC)c(OC)c(OC)c1-2)C(=O)Nc1nc(C)c(C)s1. The Morgan fingerprint density at radius 3 is 2.40 bits per heavy atom. The van der Waals surface area contributed by atoms with Gasteiger partial charge in [-0.25, -0.2) is 4.98 Å². The first kappa shape index (κ1) is 31.8. The minimum Gasteiger partial charge on any atom is -0.493 e. The van der Waals surface area contributed by atoms with Gasteiger partial charge in [-0.1, -0.05) is 26.3 Å². The number of nitrogens with one attached hydrogen (secondary N) is 3. The molecule has 0 aliphatic heterocycles. The van der Waals surface area contributed by atoms with Crippen LogP contribution in [0.2, 0.25) is 0 Å². The Kier molecular flexibility index (Phi) is 9.95. The van der Waals surface area contributed by atoms with Crippen LogP contribution in [0.3, 0.4) is 0 Å². The van der Waals surface area contributed by atoms with E-state index in [0.29, 0.717) is 52.8 Å².